The van der Waals surface area contributed by atoms with Crippen molar-refractivity contribution in [1.29, 1.82) is 0 Å². The Hall–Kier alpha value is -2.03. The summed E-state index contributed by atoms with van der Waals surface area (Å²) >= 11 is 0. The van der Waals surface area contributed by atoms with Crippen LogP contribution in [0.4, 0.5) is 10.1 Å². The van der Waals surface area contributed by atoms with Crippen molar-refractivity contribution in [3.63, 3.8) is 0 Å². The molecule has 0 amide bonds. The molecule has 17 heavy (non-hydrogen) atoms. The fraction of sp³-hybridized carbons (Fsp3) is 0.143. The van der Waals surface area contributed by atoms with Gasteiger partial charge in [-0.3, -0.25) is 0 Å². The molecular formula is C14H14FNO. The van der Waals surface area contributed by atoms with Gasteiger partial charge in [0, 0.05) is 11.3 Å². The van der Waals surface area contributed by atoms with Crippen LogP contribution >= 0.6 is 0 Å². The van der Waals surface area contributed by atoms with Crippen molar-refractivity contribution in [2.24, 2.45) is 0 Å². The molecule has 2 nitrogen and oxygen atoms in total. The average molecular weight is 231 g/mol. The first-order valence-corrected chi connectivity index (χ1v) is 5.32. The molecule has 0 aliphatic carbocycles. The van der Waals surface area contributed by atoms with Crippen molar-refractivity contribution < 1.29 is 9.13 Å². The molecule has 2 N–H and O–H groups in total. The standard InChI is InChI=1S/C14H14FNO/c1-9-7-10(3-5-13(9)15)12-8-11(16)4-6-14(12)17-2/h3-8H,16H2,1-2H3. The third kappa shape index (κ3) is 2.23. The highest BCUT2D eigenvalue weighted by Gasteiger charge is 2.07. The molecule has 2 aromatic carbocycles. The number of aryl methyl sites for hydroxylation is 1. The monoisotopic (exact) mass is 231 g/mol. The topological polar surface area (TPSA) is 35.2 Å². The Morgan fingerprint density at radius 1 is 1.12 bits per heavy atom. The third-order valence-corrected chi connectivity index (χ3v) is 2.69. The van der Waals surface area contributed by atoms with Gasteiger partial charge in [0.1, 0.15) is 11.6 Å². The first-order chi connectivity index (χ1) is 8.11. The number of ether oxygens (including phenoxy) is 1. The number of methoxy groups -OCH3 is 1. The normalized spacial score (nSPS) is 10.3. The van der Waals surface area contributed by atoms with Crippen LogP contribution in [0.15, 0.2) is 36.4 Å². The van der Waals surface area contributed by atoms with Crippen molar-refractivity contribution in [1.82, 2.24) is 0 Å². The van der Waals surface area contributed by atoms with Gasteiger partial charge in [-0.05, 0) is 48.4 Å². The van der Waals surface area contributed by atoms with E-state index in [1.54, 1.807) is 32.2 Å². The SMILES string of the molecule is COc1ccc(N)cc1-c1ccc(F)c(C)c1. The lowest BCUT2D eigenvalue weighted by Crippen LogP contribution is -1.92. The first-order valence-electron chi connectivity index (χ1n) is 5.32. The average Bonchev–Trinajstić information content (AvgIpc) is 2.32. The summed E-state index contributed by atoms with van der Waals surface area (Å²) in [6.45, 7) is 1.73. The Labute approximate surface area is 99.8 Å². The summed E-state index contributed by atoms with van der Waals surface area (Å²) in [6.07, 6.45) is 0. The molecule has 3 heteroatoms. The van der Waals surface area contributed by atoms with Gasteiger partial charge in [-0.25, -0.2) is 4.39 Å². The predicted octanol–water partition coefficient (Wildman–Crippen LogP) is 3.39. The molecule has 0 radical (unpaired) electrons. The predicted molar refractivity (Wildman–Crippen MR) is 67.5 cm³/mol. The van der Waals surface area contributed by atoms with Crippen molar-refractivity contribution in [2.45, 2.75) is 6.92 Å². The summed E-state index contributed by atoms with van der Waals surface area (Å²) in [5.41, 5.74) is 8.78. The molecule has 0 fully saturated rings. The quantitative estimate of drug-likeness (QED) is 0.804. The summed E-state index contributed by atoms with van der Waals surface area (Å²) in [4.78, 5) is 0. The molecule has 0 aliphatic rings. The number of rotatable bonds is 2. The molecule has 0 heterocycles. The van der Waals surface area contributed by atoms with Gasteiger partial charge >= 0.3 is 0 Å². The summed E-state index contributed by atoms with van der Waals surface area (Å²) in [5, 5.41) is 0. The van der Waals surface area contributed by atoms with Crippen LogP contribution in [0.2, 0.25) is 0 Å². The summed E-state index contributed by atoms with van der Waals surface area (Å²) in [7, 11) is 1.60. The highest BCUT2D eigenvalue weighted by Crippen LogP contribution is 2.32. The second-order valence-electron chi connectivity index (χ2n) is 3.92. The first kappa shape index (κ1) is 11.5. The van der Waals surface area contributed by atoms with E-state index >= 15 is 0 Å². The number of nitrogen functional groups attached to an aromatic ring is 1. The molecule has 0 atom stereocenters. The minimum absolute atomic E-state index is 0.211. The van der Waals surface area contributed by atoms with E-state index in [4.69, 9.17) is 10.5 Å². The maximum atomic E-state index is 13.2. The summed E-state index contributed by atoms with van der Waals surface area (Å²) in [6, 6.07) is 10.4. The van der Waals surface area contributed by atoms with E-state index in [1.165, 1.54) is 6.07 Å². The van der Waals surface area contributed by atoms with Crippen molar-refractivity contribution in [3.8, 4) is 16.9 Å². The molecule has 0 unspecified atom stereocenters. The number of hydrogen-bond donors (Lipinski definition) is 1. The van der Waals surface area contributed by atoms with Gasteiger partial charge in [0.2, 0.25) is 0 Å². The van der Waals surface area contributed by atoms with E-state index < -0.39 is 0 Å². The molecule has 2 rings (SSSR count). The summed E-state index contributed by atoms with van der Waals surface area (Å²) in [5.74, 6) is 0.516. The second kappa shape index (κ2) is 4.45. The van der Waals surface area contributed by atoms with Crippen LogP contribution in [0.3, 0.4) is 0 Å². The highest BCUT2D eigenvalue weighted by molar-refractivity contribution is 5.74. The van der Waals surface area contributed by atoms with Crippen LogP contribution in [0.1, 0.15) is 5.56 Å². The Balaban J connectivity index is 2.58. The lowest BCUT2D eigenvalue weighted by Gasteiger charge is -2.10. The second-order valence-corrected chi connectivity index (χ2v) is 3.92. The van der Waals surface area contributed by atoms with Crippen LogP contribution in [-0.2, 0) is 0 Å². The zero-order valence-corrected chi connectivity index (χ0v) is 9.83. The minimum Gasteiger partial charge on any atom is -0.496 e. The largest absolute Gasteiger partial charge is 0.496 e. The zero-order chi connectivity index (χ0) is 12.4. The van der Waals surface area contributed by atoms with E-state index in [-0.39, 0.29) is 5.82 Å². The van der Waals surface area contributed by atoms with Crippen LogP contribution < -0.4 is 10.5 Å². The minimum atomic E-state index is -0.211. The molecule has 0 spiro atoms. The fourth-order valence-electron chi connectivity index (χ4n) is 1.76. The molecule has 0 bridgehead atoms. The van der Waals surface area contributed by atoms with Crippen LogP contribution in [0.25, 0.3) is 11.1 Å². The number of halogens is 1. The summed E-state index contributed by atoms with van der Waals surface area (Å²) < 4.78 is 18.5. The van der Waals surface area contributed by atoms with E-state index in [2.05, 4.69) is 0 Å². The van der Waals surface area contributed by atoms with E-state index in [0.717, 1.165) is 16.9 Å². The van der Waals surface area contributed by atoms with Gasteiger partial charge in [-0.1, -0.05) is 6.07 Å². The van der Waals surface area contributed by atoms with Gasteiger partial charge < -0.3 is 10.5 Å². The van der Waals surface area contributed by atoms with Crippen molar-refractivity contribution >= 4 is 5.69 Å². The Bertz CT molecular complexity index is 552. The van der Waals surface area contributed by atoms with Crippen LogP contribution in [0.5, 0.6) is 5.75 Å². The smallest absolute Gasteiger partial charge is 0.126 e. The van der Waals surface area contributed by atoms with Crippen LogP contribution in [0, 0.1) is 12.7 Å². The molecular weight excluding hydrogens is 217 g/mol. The molecule has 0 saturated carbocycles. The van der Waals surface area contributed by atoms with Crippen molar-refractivity contribution in [3.05, 3.63) is 47.8 Å². The highest BCUT2D eigenvalue weighted by atomic mass is 19.1. The maximum Gasteiger partial charge on any atom is 0.126 e. The molecule has 0 saturated heterocycles. The van der Waals surface area contributed by atoms with E-state index in [0.29, 0.717) is 11.3 Å². The lowest BCUT2D eigenvalue weighted by atomic mass is 10.0. The van der Waals surface area contributed by atoms with Gasteiger partial charge in [0.15, 0.2) is 0 Å². The zero-order valence-electron chi connectivity index (χ0n) is 9.83. The maximum absolute atomic E-state index is 13.2. The molecule has 88 valence electrons. The Morgan fingerprint density at radius 3 is 2.53 bits per heavy atom. The van der Waals surface area contributed by atoms with E-state index in [1.807, 2.05) is 12.1 Å². The van der Waals surface area contributed by atoms with Gasteiger partial charge in [-0.2, -0.15) is 0 Å². The molecule has 0 aromatic heterocycles. The van der Waals surface area contributed by atoms with Gasteiger partial charge in [-0.15, -0.1) is 0 Å². The fourth-order valence-corrected chi connectivity index (χ4v) is 1.76. The lowest BCUT2D eigenvalue weighted by molar-refractivity contribution is 0.416. The Kier molecular flexibility index (Phi) is 3.00. The van der Waals surface area contributed by atoms with Crippen LogP contribution in [-0.4, -0.2) is 7.11 Å². The van der Waals surface area contributed by atoms with Gasteiger partial charge in [0.05, 0.1) is 7.11 Å². The number of anilines is 1. The Morgan fingerprint density at radius 2 is 1.88 bits per heavy atom. The van der Waals surface area contributed by atoms with E-state index in [9.17, 15) is 4.39 Å². The van der Waals surface area contributed by atoms with Crippen molar-refractivity contribution in [2.75, 3.05) is 12.8 Å². The van der Waals surface area contributed by atoms with Gasteiger partial charge in [0.25, 0.3) is 0 Å². The molecule has 2 aromatic rings. The number of benzene rings is 2. The number of nitrogens with two attached hydrogens (primary N) is 1. The molecule has 0 aliphatic heterocycles. The third-order valence-electron chi connectivity index (χ3n) is 2.69. The number of hydrogen-bond acceptors (Lipinski definition) is 2.